The van der Waals surface area contributed by atoms with Gasteiger partial charge in [-0.2, -0.15) is 0 Å². The zero-order chi connectivity index (χ0) is 9.84. The molecule has 3 nitrogen and oxygen atoms in total. The van der Waals surface area contributed by atoms with Crippen LogP contribution in [-0.2, 0) is 9.47 Å². The minimum Gasteiger partial charge on any atom is -0.496 e. The van der Waals surface area contributed by atoms with Crippen molar-refractivity contribution in [1.29, 1.82) is 0 Å². The maximum absolute atomic E-state index is 11.1. The van der Waals surface area contributed by atoms with Gasteiger partial charge in [0.25, 0.3) is 0 Å². The molecule has 0 saturated carbocycles. The number of carbonyl (C=O) groups is 1. The fraction of sp³-hybridized carbons (Fsp3) is 0.222. The van der Waals surface area contributed by atoms with Gasteiger partial charge in [0.1, 0.15) is 10.6 Å². The Morgan fingerprint density at radius 1 is 1.31 bits per heavy atom. The molecule has 0 bridgehead atoms. The van der Waals surface area contributed by atoms with E-state index in [-0.39, 0.29) is 5.97 Å². The van der Waals surface area contributed by atoms with Gasteiger partial charge in [0.15, 0.2) is 0 Å². The number of methoxy groups -OCH3 is 2. The molecule has 0 spiro atoms. The molecular weight excluding hydrogens is 188 g/mol. The summed E-state index contributed by atoms with van der Waals surface area (Å²) in [6.07, 6.45) is 0. The molecule has 0 aromatic carbocycles. The lowest BCUT2D eigenvalue weighted by Gasteiger charge is -1.98. The first-order chi connectivity index (χ1) is 6.19. The average Bonchev–Trinajstić information content (AvgIpc) is 2.64. The van der Waals surface area contributed by atoms with Crippen LogP contribution in [0.1, 0.15) is 14.5 Å². The monoisotopic (exact) mass is 198 g/mol. The summed E-state index contributed by atoms with van der Waals surface area (Å²) in [6, 6.07) is 3.47. The number of thiophene rings is 1. The van der Waals surface area contributed by atoms with Crippen LogP contribution in [0.4, 0.5) is 0 Å². The molecule has 0 saturated heterocycles. The minimum absolute atomic E-state index is 0.333. The van der Waals surface area contributed by atoms with Crippen LogP contribution in [0.15, 0.2) is 18.7 Å². The molecule has 0 unspecified atom stereocenters. The number of hydrogen-bond donors (Lipinski definition) is 0. The molecule has 70 valence electrons. The Bertz CT molecular complexity index is 297. The molecule has 4 heteroatoms. The predicted molar refractivity (Wildman–Crippen MR) is 51.7 cm³/mol. The van der Waals surface area contributed by atoms with E-state index in [9.17, 15) is 4.79 Å². The second-order valence-electron chi connectivity index (χ2n) is 2.28. The average molecular weight is 198 g/mol. The SMILES string of the molecule is C=C(OC)c1ccc(C(=O)OC)s1. The van der Waals surface area contributed by atoms with Crippen LogP contribution in [0, 0.1) is 0 Å². The first-order valence-electron chi connectivity index (χ1n) is 3.60. The number of rotatable bonds is 3. The van der Waals surface area contributed by atoms with Crippen molar-refractivity contribution in [3.63, 3.8) is 0 Å². The molecule has 0 amide bonds. The number of carbonyl (C=O) groups excluding carboxylic acids is 1. The second-order valence-corrected chi connectivity index (χ2v) is 3.37. The minimum atomic E-state index is -0.333. The van der Waals surface area contributed by atoms with Crippen LogP contribution in [-0.4, -0.2) is 20.2 Å². The van der Waals surface area contributed by atoms with Crippen LogP contribution >= 0.6 is 11.3 Å². The Morgan fingerprint density at radius 3 is 2.46 bits per heavy atom. The molecule has 0 aliphatic carbocycles. The fourth-order valence-corrected chi connectivity index (χ4v) is 1.67. The van der Waals surface area contributed by atoms with E-state index in [1.165, 1.54) is 18.4 Å². The van der Waals surface area contributed by atoms with E-state index >= 15 is 0 Å². The van der Waals surface area contributed by atoms with Crippen molar-refractivity contribution in [1.82, 2.24) is 0 Å². The zero-order valence-electron chi connectivity index (χ0n) is 7.49. The van der Waals surface area contributed by atoms with Crippen molar-refractivity contribution in [2.75, 3.05) is 14.2 Å². The van der Waals surface area contributed by atoms with E-state index < -0.39 is 0 Å². The Hall–Kier alpha value is -1.29. The third-order valence-corrected chi connectivity index (χ3v) is 2.62. The molecule has 0 fully saturated rings. The number of ether oxygens (including phenoxy) is 2. The lowest BCUT2D eigenvalue weighted by Crippen LogP contribution is -1.96. The highest BCUT2D eigenvalue weighted by Crippen LogP contribution is 2.23. The van der Waals surface area contributed by atoms with Crippen LogP contribution in [0.3, 0.4) is 0 Å². The lowest BCUT2D eigenvalue weighted by molar-refractivity contribution is 0.0606. The fourth-order valence-electron chi connectivity index (χ4n) is 0.799. The Labute approximate surface area is 80.6 Å². The number of esters is 1. The summed E-state index contributed by atoms with van der Waals surface area (Å²) in [5, 5.41) is 0. The number of hydrogen-bond acceptors (Lipinski definition) is 4. The maximum atomic E-state index is 11.1. The quantitative estimate of drug-likeness (QED) is 0.551. The second kappa shape index (κ2) is 4.09. The van der Waals surface area contributed by atoms with Crippen molar-refractivity contribution in [2.45, 2.75) is 0 Å². The van der Waals surface area contributed by atoms with Crippen LogP contribution in [0.5, 0.6) is 0 Å². The molecule has 1 aromatic heterocycles. The smallest absolute Gasteiger partial charge is 0.348 e. The largest absolute Gasteiger partial charge is 0.496 e. The van der Waals surface area contributed by atoms with Crippen molar-refractivity contribution in [3.05, 3.63) is 28.5 Å². The van der Waals surface area contributed by atoms with E-state index in [0.717, 1.165) is 4.88 Å². The predicted octanol–water partition coefficient (Wildman–Crippen LogP) is 2.15. The highest BCUT2D eigenvalue weighted by atomic mass is 32.1. The lowest BCUT2D eigenvalue weighted by atomic mass is 10.4. The van der Waals surface area contributed by atoms with Gasteiger partial charge < -0.3 is 9.47 Å². The highest BCUT2D eigenvalue weighted by molar-refractivity contribution is 7.14. The normalized spacial score (nSPS) is 9.38. The van der Waals surface area contributed by atoms with Crippen LogP contribution < -0.4 is 0 Å². The summed E-state index contributed by atoms with van der Waals surface area (Å²) in [4.78, 5) is 12.4. The Kier molecular flexibility index (Phi) is 3.08. The van der Waals surface area contributed by atoms with E-state index in [1.807, 2.05) is 0 Å². The molecule has 1 heterocycles. The zero-order valence-corrected chi connectivity index (χ0v) is 8.31. The van der Waals surface area contributed by atoms with Crippen molar-refractivity contribution in [2.24, 2.45) is 0 Å². The third kappa shape index (κ3) is 2.09. The van der Waals surface area contributed by atoms with E-state index in [0.29, 0.717) is 10.6 Å². The summed E-state index contributed by atoms with van der Waals surface area (Å²) in [6.45, 7) is 3.68. The third-order valence-electron chi connectivity index (χ3n) is 1.51. The van der Waals surface area contributed by atoms with Gasteiger partial charge in [-0.25, -0.2) is 4.79 Å². The molecular formula is C9H10O3S. The summed E-state index contributed by atoms with van der Waals surface area (Å²) in [5.41, 5.74) is 0. The summed E-state index contributed by atoms with van der Waals surface area (Å²) >= 11 is 1.30. The van der Waals surface area contributed by atoms with Crippen molar-refractivity contribution >= 4 is 23.1 Å². The molecule has 0 aliphatic heterocycles. The van der Waals surface area contributed by atoms with Gasteiger partial charge in [-0.3, -0.25) is 0 Å². The Morgan fingerprint density at radius 2 is 1.92 bits per heavy atom. The van der Waals surface area contributed by atoms with Crippen LogP contribution in [0.2, 0.25) is 0 Å². The molecule has 13 heavy (non-hydrogen) atoms. The van der Waals surface area contributed by atoms with Gasteiger partial charge in [-0.05, 0) is 12.1 Å². The standard InChI is InChI=1S/C9H10O3S/c1-6(11-2)7-4-5-8(13-7)9(10)12-3/h4-5H,1H2,2-3H3. The van der Waals surface area contributed by atoms with Crippen molar-refractivity contribution < 1.29 is 14.3 Å². The van der Waals surface area contributed by atoms with E-state index in [2.05, 4.69) is 11.3 Å². The van der Waals surface area contributed by atoms with Crippen molar-refractivity contribution in [3.8, 4) is 0 Å². The van der Waals surface area contributed by atoms with Crippen LogP contribution in [0.25, 0.3) is 5.76 Å². The molecule has 0 radical (unpaired) electrons. The summed E-state index contributed by atoms with van der Waals surface area (Å²) < 4.78 is 9.49. The first kappa shape index (κ1) is 9.80. The first-order valence-corrected chi connectivity index (χ1v) is 4.42. The molecule has 1 aromatic rings. The highest BCUT2D eigenvalue weighted by Gasteiger charge is 2.10. The van der Waals surface area contributed by atoms with Gasteiger partial charge in [-0.15, -0.1) is 11.3 Å². The van der Waals surface area contributed by atoms with Gasteiger partial charge in [-0.1, -0.05) is 6.58 Å². The van der Waals surface area contributed by atoms with Gasteiger partial charge in [0.2, 0.25) is 0 Å². The topological polar surface area (TPSA) is 35.5 Å². The molecule has 0 atom stereocenters. The van der Waals surface area contributed by atoms with Gasteiger partial charge in [0, 0.05) is 0 Å². The Balaban J connectivity index is 2.86. The summed E-state index contributed by atoms with van der Waals surface area (Å²) in [7, 11) is 2.90. The van der Waals surface area contributed by atoms with Gasteiger partial charge >= 0.3 is 5.97 Å². The molecule has 0 N–H and O–H groups in total. The van der Waals surface area contributed by atoms with Gasteiger partial charge in [0.05, 0.1) is 19.1 Å². The van der Waals surface area contributed by atoms with E-state index in [4.69, 9.17) is 4.74 Å². The maximum Gasteiger partial charge on any atom is 0.348 e. The molecule has 1 rings (SSSR count). The molecule has 0 aliphatic rings. The summed E-state index contributed by atoms with van der Waals surface area (Å²) in [5.74, 6) is 0.223. The van der Waals surface area contributed by atoms with E-state index in [1.54, 1.807) is 19.2 Å².